The SMILES string of the molecule is C1=C(c2ccccc2)C2CCN1CC2. The first-order valence-corrected chi connectivity index (χ1v) is 5.45. The van der Waals surface area contributed by atoms with Crippen LogP contribution in [-0.2, 0) is 0 Å². The third-order valence-corrected chi connectivity index (χ3v) is 3.40. The van der Waals surface area contributed by atoms with Crippen molar-refractivity contribution in [3.63, 3.8) is 0 Å². The van der Waals surface area contributed by atoms with Crippen molar-refractivity contribution >= 4 is 5.57 Å². The van der Waals surface area contributed by atoms with E-state index in [0.717, 1.165) is 5.92 Å². The molecular formula is C13H15N. The van der Waals surface area contributed by atoms with Crippen LogP contribution in [0.15, 0.2) is 36.5 Å². The van der Waals surface area contributed by atoms with Crippen molar-refractivity contribution in [2.75, 3.05) is 13.1 Å². The highest BCUT2D eigenvalue weighted by molar-refractivity contribution is 5.68. The Morgan fingerprint density at radius 1 is 1.00 bits per heavy atom. The lowest BCUT2D eigenvalue weighted by atomic mass is 9.82. The Balaban J connectivity index is 2.00. The van der Waals surface area contributed by atoms with Crippen LogP contribution < -0.4 is 0 Å². The summed E-state index contributed by atoms with van der Waals surface area (Å²) in [7, 11) is 0. The standard InChI is InChI=1S/C13H15N/c1-2-4-11(5-3-1)13-10-14-8-6-12(13)7-9-14/h1-5,10,12H,6-9H2. The van der Waals surface area contributed by atoms with Crippen molar-refractivity contribution in [2.24, 2.45) is 5.92 Å². The van der Waals surface area contributed by atoms with E-state index < -0.39 is 0 Å². The van der Waals surface area contributed by atoms with Gasteiger partial charge in [0.05, 0.1) is 0 Å². The first-order chi connectivity index (χ1) is 6.93. The molecule has 4 rings (SSSR count). The first-order valence-electron chi connectivity index (χ1n) is 5.45. The lowest BCUT2D eigenvalue weighted by Gasteiger charge is -2.39. The molecule has 3 heterocycles. The molecule has 72 valence electrons. The number of nitrogens with zero attached hydrogens (tertiary/aromatic N) is 1. The number of hydrogen-bond acceptors (Lipinski definition) is 1. The van der Waals surface area contributed by atoms with Gasteiger partial charge in [0.2, 0.25) is 0 Å². The third kappa shape index (κ3) is 1.24. The van der Waals surface area contributed by atoms with E-state index in [0.29, 0.717) is 0 Å². The van der Waals surface area contributed by atoms with E-state index in [4.69, 9.17) is 0 Å². The quantitative estimate of drug-likeness (QED) is 0.650. The largest absolute Gasteiger partial charge is 0.377 e. The lowest BCUT2D eigenvalue weighted by molar-refractivity contribution is 0.252. The summed E-state index contributed by atoms with van der Waals surface area (Å²) in [5, 5.41) is 0. The molecule has 0 N–H and O–H groups in total. The van der Waals surface area contributed by atoms with E-state index in [9.17, 15) is 0 Å². The van der Waals surface area contributed by atoms with Gasteiger partial charge >= 0.3 is 0 Å². The molecule has 1 aromatic carbocycles. The number of rotatable bonds is 1. The lowest BCUT2D eigenvalue weighted by Crippen LogP contribution is -2.35. The Hall–Kier alpha value is -1.24. The summed E-state index contributed by atoms with van der Waals surface area (Å²) < 4.78 is 0. The van der Waals surface area contributed by atoms with Crippen molar-refractivity contribution < 1.29 is 0 Å². The van der Waals surface area contributed by atoms with Crippen LogP contribution in [0, 0.1) is 5.92 Å². The van der Waals surface area contributed by atoms with Crippen molar-refractivity contribution in [3.05, 3.63) is 42.1 Å². The summed E-state index contributed by atoms with van der Waals surface area (Å²) in [4.78, 5) is 2.46. The average molecular weight is 185 g/mol. The minimum atomic E-state index is 0.822. The van der Waals surface area contributed by atoms with Gasteiger partial charge in [-0.1, -0.05) is 30.3 Å². The zero-order valence-electron chi connectivity index (χ0n) is 8.32. The Bertz CT molecular complexity index is 345. The van der Waals surface area contributed by atoms with Crippen LogP contribution in [-0.4, -0.2) is 18.0 Å². The first kappa shape index (κ1) is 8.10. The molecule has 0 radical (unpaired) electrons. The summed E-state index contributed by atoms with van der Waals surface area (Å²) in [5.41, 5.74) is 2.98. The fourth-order valence-corrected chi connectivity index (χ4v) is 2.58. The summed E-state index contributed by atoms with van der Waals surface area (Å²) in [6, 6.07) is 10.8. The number of fused-ring (bicyclic) bond motifs is 2. The molecular weight excluding hydrogens is 170 g/mol. The van der Waals surface area contributed by atoms with Crippen LogP contribution in [0.25, 0.3) is 5.57 Å². The molecule has 0 aromatic heterocycles. The molecule has 1 nitrogen and oxygen atoms in total. The molecule has 0 amide bonds. The van der Waals surface area contributed by atoms with Crippen molar-refractivity contribution in [3.8, 4) is 0 Å². The van der Waals surface area contributed by atoms with Gasteiger partial charge in [0.25, 0.3) is 0 Å². The van der Waals surface area contributed by atoms with Crippen LogP contribution in [0.1, 0.15) is 18.4 Å². The van der Waals surface area contributed by atoms with E-state index in [1.165, 1.54) is 31.5 Å². The molecule has 14 heavy (non-hydrogen) atoms. The van der Waals surface area contributed by atoms with Gasteiger partial charge in [0.1, 0.15) is 0 Å². The van der Waals surface area contributed by atoms with Crippen molar-refractivity contribution in [2.45, 2.75) is 12.8 Å². The maximum atomic E-state index is 2.46. The van der Waals surface area contributed by atoms with Crippen LogP contribution in [0.5, 0.6) is 0 Å². The minimum Gasteiger partial charge on any atom is -0.377 e. The molecule has 0 unspecified atom stereocenters. The van der Waals surface area contributed by atoms with Crippen LogP contribution in [0.3, 0.4) is 0 Å². The van der Waals surface area contributed by atoms with E-state index >= 15 is 0 Å². The number of allylic oxidation sites excluding steroid dienone is 1. The van der Waals surface area contributed by atoms with Gasteiger partial charge in [-0.3, -0.25) is 0 Å². The van der Waals surface area contributed by atoms with E-state index in [2.05, 4.69) is 41.4 Å². The van der Waals surface area contributed by atoms with E-state index in [1.807, 2.05) is 0 Å². The topological polar surface area (TPSA) is 3.24 Å². The number of piperidine rings is 1. The van der Waals surface area contributed by atoms with Crippen molar-refractivity contribution in [1.29, 1.82) is 0 Å². The summed E-state index contributed by atoms with van der Waals surface area (Å²) >= 11 is 0. The maximum absolute atomic E-state index is 2.46. The predicted molar refractivity (Wildman–Crippen MR) is 58.7 cm³/mol. The summed E-state index contributed by atoms with van der Waals surface area (Å²) in [6.45, 7) is 2.53. The van der Waals surface area contributed by atoms with Gasteiger partial charge in [0.15, 0.2) is 0 Å². The Morgan fingerprint density at radius 3 is 2.29 bits per heavy atom. The molecule has 1 fully saturated rings. The highest BCUT2D eigenvalue weighted by Crippen LogP contribution is 2.36. The Kier molecular flexibility index (Phi) is 1.83. The summed E-state index contributed by atoms with van der Waals surface area (Å²) in [5.74, 6) is 0.822. The van der Waals surface area contributed by atoms with Gasteiger partial charge in [-0.2, -0.15) is 0 Å². The van der Waals surface area contributed by atoms with Gasteiger partial charge in [-0.25, -0.2) is 0 Å². The second-order valence-electron chi connectivity index (χ2n) is 4.26. The fraction of sp³-hybridized carbons (Fsp3) is 0.385. The zero-order chi connectivity index (χ0) is 9.38. The van der Waals surface area contributed by atoms with E-state index in [1.54, 1.807) is 5.57 Å². The monoisotopic (exact) mass is 185 g/mol. The Morgan fingerprint density at radius 2 is 1.71 bits per heavy atom. The molecule has 0 saturated carbocycles. The fourth-order valence-electron chi connectivity index (χ4n) is 2.58. The van der Waals surface area contributed by atoms with E-state index in [-0.39, 0.29) is 0 Å². The smallest absolute Gasteiger partial charge is 0.0178 e. The summed E-state index contributed by atoms with van der Waals surface area (Å²) in [6.07, 6.45) is 5.06. The maximum Gasteiger partial charge on any atom is 0.0178 e. The molecule has 1 aromatic rings. The molecule has 0 aliphatic carbocycles. The average Bonchev–Trinajstić information content (AvgIpc) is 2.32. The van der Waals surface area contributed by atoms with Crippen LogP contribution >= 0.6 is 0 Å². The van der Waals surface area contributed by atoms with Crippen LogP contribution in [0.2, 0.25) is 0 Å². The molecule has 0 atom stereocenters. The molecule has 3 aliphatic rings. The van der Waals surface area contributed by atoms with Crippen molar-refractivity contribution in [1.82, 2.24) is 4.90 Å². The Labute approximate surface area is 85.0 Å². The third-order valence-electron chi connectivity index (χ3n) is 3.40. The second kappa shape index (κ2) is 3.16. The normalized spacial score (nSPS) is 21.1. The molecule has 1 saturated heterocycles. The number of benzene rings is 1. The highest BCUT2D eigenvalue weighted by Gasteiger charge is 2.27. The van der Waals surface area contributed by atoms with Gasteiger partial charge in [-0.05, 0) is 29.9 Å². The molecule has 1 heteroatoms. The van der Waals surface area contributed by atoms with Crippen LogP contribution in [0.4, 0.5) is 0 Å². The zero-order valence-corrected chi connectivity index (χ0v) is 8.32. The molecule has 0 spiro atoms. The second-order valence-corrected chi connectivity index (χ2v) is 4.26. The molecule has 3 aliphatic heterocycles. The molecule has 2 bridgehead atoms. The predicted octanol–water partition coefficient (Wildman–Crippen LogP) is 2.75. The minimum absolute atomic E-state index is 0.822. The highest BCUT2D eigenvalue weighted by atomic mass is 15.1. The van der Waals surface area contributed by atoms with Gasteiger partial charge < -0.3 is 4.90 Å². The number of hydrogen-bond donors (Lipinski definition) is 0. The van der Waals surface area contributed by atoms with Gasteiger partial charge in [-0.15, -0.1) is 0 Å². The van der Waals surface area contributed by atoms with Gasteiger partial charge in [0, 0.05) is 19.3 Å².